The molecule has 0 aliphatic carbocycles. The van der Waals surface area contributed by atoms with Gasteiger partial charge in [0, 0.05) is 32.3 Å². The molecular formula is C12H17N3O2. The summed E-state index contributed by atoms with van der Waals surface area (Å²) < 4.78 is 5.10. The quantitative estimate of drug-likeness (QED) is 0.840. The predicted octanol–water partition coefficient (Wildman–Crippen LogP) is 0.772. The van der Waals surface area contributed by atoms with Gasteiger partial charge in [0.05, 0.1) is 12.3 Å². The van der Waals surface area contributed by atoms with Gasteiger partial charge in [0.25, 0.3) is 5.91 Å². The summed E-state index contributed by atoms with van der Waals surface area (Å²) in [6, 6.07) is 3.42. The van der Waals surface area contributed by atoms with E-state index in [4.69, 9.17) is 10.5 Å². The predicted molar refractivity (Wildman–Crippen MR) is 64.5 cm³/mol. The number of nitrogen functional groups attached to an aromatic ring is 1. The highest BCUT2D eigenvalue weighted by Crippen LogP contribution is 2.20. The van der Waals surface area contributed by atoms with Gasteiger partial charge >= 0.3 is 0 Å². The molecule has 0 aromatic carbocycles. The fourth-order valence-electron chi connectivity index (χ4n) is 2.14. The maximum absolute atomic E-state index is 12.2. The van der Waals surface area contributed by atoms with Crippen LogP contribution in [0.1, 0.15) is 16.9 Å². The van der Waals surface area contributed by atoms with Crippen LogP contribution in [0, 0.1) is 5.92 Å². The number of aromatic nitrogens is 1. The lowest BCUT2D eigenvalue weighted by atomic mass is 10.1. The van der Waals surface area contributed by atoms with Crippen molar-refractivity contribution in [2.45, 2.75) is 6.42 Å². The minimum absolute atomic E-state index is 0.0818. The fraction of sp³-hybridized carbons (Fsp3) is 0.500. The topological polar surface area (TPSA) is 68.5 Å². The van der Waals surface area contributed by atoms with Crippen LogP contribution >= 0.6 is 0 Å². The number of likely N-dealkylation sites (tertiary alicyclic amines) is 1. The normalized spacial score (nSPS) is 19.6. The summed E-state index contributed by atoms with van der Waals surface area (Å²) in [5, 5.41) is 0. The van der Waals surface area contributed by atoms with E-state index < -0.39 is 0 Å². The Morgan fingerprint density at radius 1 is 1.71 bits per heavy atom. The Balaban J connectivity index is 2.05. The second-order valence-electron chi connectivity index (χ2n) is 4.30. The summed E-state index contributed by atoms with van der Waals surface area (Å²) in [5.41, 5.74) is 6.54. The van der Waals surface area contributed by atoms with Crippen LogP contribution in [0.2, 0.25) is 0 Å². The molecular weight excluding hydrogens is 218 g/mol. The van der Waals surface area contributed by atoms with Crippen LogP contribution in [-0.2, 0) is 4.74 Å². The molecule has 0 saturated carbocycles. The molecule has 1 saturated heterocycles. The minimum Gasteiger partial charge on any atom is -0.397 e. The number of anilines is 1. The molecule has 0 spiro atoms. The van der Waals surface area contributed by atoms with Crippen molar-refractivity contribution in [3.05, 3.63) is 24.0 Å². The summed E-state index contributed by atoms with van der Waals surface area (Å²) in [6.45, 7) is 2.17. The van der Waals surface area contributed by atoms with Crippen LogP contribution in [-0.4, -0.2) is 42.6 Å². The van der Waals surface area contributed by atoms with Crippen LogP contribution in [0.25, 0.3) is 0 Å². The Hall–Kier alpha value is -1.62. The van der Waals surface area contributed by atoms with Gasteiger partial charge in [-0.3, -0.25) is 4.79 Å². The van der Waals surface area contributed by atoms with Crippen LogP contribution in [0.3, 0.4) is 0 Å². The number of ether oxygens (including phenoxy) is 1. The Bertz CT molecular complexity index is 408. The maximum Gasteiger partial charge on any atom is 0.274 e. The molecule has 5 heteroatoms. The van der Waals surface area contributed by atoms with Gasteiger partial charge in [-0.2, -0.15) is 0 Å². The second kappa shape index (κ2) is 5.14. The molecule has 17 heavy (non-hydrogen) atoms. The zero-order valence-electron chi connectivity index (χ0n) is 9.93. The van der Waals surface area contributed by atoms with Gasteiger partial charge in [-0.25, -0.2) is 4.98 Å². The number of methoxy groups -OCH3 is 1. The van der Waals surface area contributed by atoms with Crippen molar-refractivity contribution in [1.29, 1.82) is 0 Å². The molecule has 0 bridgehead atoms. The monoisotopic (exact) mass is 235 g/mol. The van der Waals surface area contributed by atoms with E-state index in [9.17, 15) is 4.79 Å². The van der Waals surface area contributed by atoms with Crippen molar-refractivity contribution in [1.82, 2.24) is 9.88 Å². The highest BCUT2D eigenvalue weighted by molar-refractivity contribution is 5.97. The van der Waals surface area contributed by atoms with E-state index >= 15 is 0 Å². The Morgan fingerprint density at radius 3 is 3.24 bits per heavy atom. The first-order valence-electron chi connectivity index (χ1n) is 5.71. The molecule has 1 aromatic heterocycles. The highest BCUT2D eigenvalue weighted by Gasteiger charge is 2.28. The summed E-state index contributed by atoms with van der Waals surface area (Å²) in [7, 11) is 1.68. The van der Waals surface area contributed by atoms with Gasteiger partial charge in [0.1, 0.15) is 0 Å². The summed E-state index contributed by atoms with van der Waals surface area (Å²) in [6.07, 6.45) is 2.57. The third kappa shape index (κ3) is 2.55. The van der Waals surface area contributed by atoms with Crippen molar-refractivity contribution in [3.8, 4) is 0 Å². The standard InChI is InChI=1S/C12H17N3O2/c1-17-8-9-4-6-15(7-9)12(16)11-10(13)3-2-5-14-11/h2-3,5,9H,4,6-8,13H2,1H3. The van der Waals surface area contributed by atoms with Gasteiger partial charge in [0.15, 0.2) is 5.69 Å². The van der Waals surface area contributed by atoms with E-state index in [0.29, 0.717) is 23.9 Å². The number of carbonyl (C=O) groups excluding carboxylic acids is 1. The van der Waals surface area contributed by atoms with Crippen LogP contribution < -0.4 is 5.73 Å². The van der Waals surface area contributed by atoms with E-state index in [-0.39, 0.29) is 5.91 Å². The van der Waals surface area contributed by atoms with Gasteiger partial charge in [-0.05, 0) is 18.6 Å². The van der Waals surface area contributed by atoms with Gasteiger partial charge in [-0.15, -0.1) is 0 Å². The van der Waals surface area contributed by atoms with Crippen molar-refractivity contribution in [3.63, 3.8) is 0 Å². The lowest BCUT2D eigenvalue weighted by Crippen LogP contribution is -2.30. The number of nitrogens with zero attached hydrogens (tertiary/aromatic N) is 2. The molecule has 2 N–H and O–H groups in total. The van der Waals surface area contributed by atoms with Crippen molar-refractivity contribution >= 4 is 11.6 Å². The lowest BCUT2D eigenvalue weighted by molar-refractivity contribution is 0.0771. The smallest absolute Gasteiger partial charge is 0.274 e. The van der Waals surface area contributed by atoms with E-state index in [1.54, 1.807) is 30.3 Å². The first-order valence-corrected chi connectivity index (χ1v) is 5.71. The molecule has 92 valence electrons. The van der Waals surface area contributed by atoms with Crippen LogP contribution in [0.5, 0.6) is 0 Å². The number of rotatable bonds is 3. The van der Waals surface area contributed by atoms with E-state index in [0.717, 1.165) is 19.5 Å². The summed E-state index contributed by atoms with van der Waals surface area (Å²) >= 11 is 0. The van der Waals surface area contributed by atoms with Gasteiger partial charge < -0.3 is 15.4 Å². The molecule has 1 atom stereocenters. The molecule has 1 amide bonds. The molecule has 0 radical (unpaired) electrons. The van der Waals surface area contributed by atoms with Gasteiger partial charge in [-0.1, -0.05) is 0 Å². The zero-order valence-corrected chi connectivity index (χ0v) is 9.93. The maximum atomic E-state index is 12.2. The number of carbonyl (C=O) groups is 1. The first-order chi connectivity index (χ1) is 8.22. The van der Waals surface area contributed by atoms with E-state index in [2.05, 4.69) is 4.98 Å². The molecule has 1 fully saturated rings. The minimum atomic E-state index is -0.0818. The molecule has 5 nitrogen and oxygen atoms in total. The summed E-state index contributed by atoms with van der Waals surface area (Å²) in [5.74, 6) is 0.343. The third-order valence-electron chi connectivity index (χ3n) is 3.02. The lowest BCUT2D eigenvalue weighted by Gasteiger charge is -2.16. The second-order valence-corrected chi connectivity index (χ2v) is 4.30. The average Bonchev–Trinajstić information content (AvgIpc) is 2.78. The first kappa shape index (κ1) is 11.9. The fourth-order valence-corrected chi connectivity index (χ4v) is 2.14. The number of amides is 1. The Labute approximate surface area is 101 Å². The molecule has 2 rings (SSSR count). The molecule has 2 heterocycles. The van der Waals surface area contributed by atoms with Crippen molar-refractivity contribution in [2.24, 2.45) is 5.92 Å². The average molecular weight is 235 g/mol. The van der Waals surface area contributed by atoms with E-state index in [1.165, 1.54) is 0 Å². The van der Waals surface area contributed by atoms with Gasteiger partial charge in [0.2, 0.25) is 0 Å². The molecule has 1 aromatic rings. The zero-order chi connectivity index (χ0) is 12.3. The SMILES string of the molecule is COCC1CCN(C(=O)c2ncccc2N)C1. The van der Waals surface area contributed by atoms with Crippen molar-refractivity contribution < 1.29 is 9.53 Å². The number of nitrogens with two attached hydrogens (primary N) is 1. The van der Waals surface area contributed by atoms with Crippen LogP contribution in [0.4, 0.5) is 5.69 Å². The van der Waals surface area contributed by atoms with E-state index in [1.807, 2.05) is 0 Å². The Kier molecular flexibility index (Phi) is 3.58. The van der Waals surface area contributed by atoms with Crippen LogP contribution in [0.15, 0.2) is 18.3 Å². The Morgan fingerprint density at radius 2 is 2.53 bits per heavy atom. The number of pyridine rings is 1. The largest absolute Gasteiger partial charge is 0.397 e. The summed E-state index contributed by atoms with van der Waals surface area (Å²) in [4.78, 5) is 18.0. The number of hydrogen-bond donors (Lipinski definition) is 1. The molecule has 1 aliphatic rings. The third-order valence-corrected chi connectivity index (χ3v) is 3.02. The highest BCUT2D eigenvalue weighted by atomic mass is 16.5. The molecule has 1 unspecified atom stereocenters. The molecule has 1 aliphatic heterocycles. The number of hydrogen-bond acceptors (Lipinski definition) is 4. The van der Waals surface area contributed by atoms with Crippen molar-refractivity contribution in [2.75, 3.05) is 32.5 Å².